The number of nitrogens with two attached hydrogens (primary N) is 2. The minimum atomic E-state index is -0.469. The Labute approximate surface area is 168 Å². The first-order valence-electron chi connectivity index (χ1n) is 9.77. The van der Waals surface area contributed by atoms with Gasteiger partial charge < -0.3 is 16.8 Å². The van der Waals surface area contributed by atoms with E-state index in [9.17, 15) is 9.18 Å². The molecule has 29 heavy (non-hydrogen) atoms. The molecular formula is C22H24FN5O. The topological polar surface area (TPSA) is 107 Å². The average molecular weight is 393 g/mol. The van der Waals surface area contributed by atoms with Gasteiger partial charge in [0.05, 0.1) is 34.8 Å². The number of pyridine rings is 2. The van der Waals surface area contributed by atoms with Crippen LogP contribution in [0, 0.1) is 11.7 Å². The van der Waals surface area contributed by atoms with Gasteiger partial charge in [0.1, 0.15) is 5.82 Å². The van der Waals surface area contributed by atoms with Gasteiger partial charge in [-0.3, -0.25) is 14.8 Å². The standard InChI is InChI=1S/C22H24FN5O/c1-12-6-13(8-14(24)7-12)16-4-5-26-11-20(16)28-22(29)17-2-3-19(23)18-9-15(25)10-27-21(17)18/h2-5,9-14H,6-8,24-25H2,1H3,(H,28,29)/t12-,13+,14-/m0/s1. The largest absolute Gasteiger partial charge is 0.397 e. The Balaban J connectivity index is 1.67. The quantitative estimate of drug-likeness (QED) is 0.627. The van der Waals surface area contributed by atoms with Crippen LogP contribution < -0.4 is 16.8 Å². The van der Waals surface area contributed by atoms with Crippen LogP contribution in [0.1, 0.15) is 48.0 Å². The van der Waals surface area contributed by atoms with Crippen LogP contribution in [0.3, 0.4) is 0 Å². The summed E-state index contributed by atoms with van der Waals surface area (Å²) in [4.78, 5) is 21.4. The van der Waals surface area contributed by atoms with Crippen molar-refractivity contribution in [3.05, 3.63) is 59.8 Å². The van der Waals surface area contributed by atoms with Gasteiger partial charge in [0.2, 0.25) is 0 Å². The van der Waals surface area contributed by atoms with Crippen molar-refractivity contribution in [3.63, 3.8) is 0 Å². The Morgan fingerprint density at radius 1 is 1.21 bits per heavy atom. The molecule has 0 bridgehead atoms. The number of amides is 1. The van der Waals surface area contributed by atoms with E-state index in [0.717, 1.165) is 24.8 Å². The fraction of sp³-hybridized carbons (Fsp3) is 0.318. The Bertz CT molecular complexity index is 1060. The second kappa shape index (κ2) is 7.75. The van der Waals surface area contributed by atoms with Gasteiger partial charge in [0, 0.05) is 17.6 Å². The van der Waals surface area contributed by atoms with E-state index < -0.39 is 5.82 Å². The third-order valence-electron chi connectivity index (χ3n) is 5.58. The fourth-order valence-electron chi connectivity index (χ4n) is 4.35. The Morgan fingerprint density at radius 3 is 2.83 bits per heavy atom. The molecule has 3 aromatic rings. The second-order valence-electron chi connectivity index (χ2n) is 7.95. The number of hydrogen-bond donors (Lipinski definition) is 3. The van der Waals surface area contributed by atoms with Gasteiger partial charge in [0.25, 0.3) is 5.91 Å². The van der Waals surface area contributed by atoms with E-state index in [1.807, 2.05) is 6.07 Å². The molecule has 1 amide bonds. The molecule has 4 rings (SSSR count). The van der Waals surface area contributed by atoms with Crippen molar-refractivity contribution in [1.29, 1.82) is 0 Å². The highest BCUT2D eigenvalue weighted by Crippen LogP contribution is 2.38. The zero-order valence-corrected chi connectivity index (χ0v) is 16.2. The molecule has 2 heterocycles. The van der Waals surface area contributed by atoms with Gasteiger partial charge in [-0.2, -0.15) is 0 Å². The van der Waals surface area contributed by atoms with Crippen LogP contribution in [0.25, 0.3) is 10.9 Å². The SMILES string of the molecule is C[C@@H]1C[C@H](N)C[C@H](c2ccncc2NC(=O)c2ccc(F)c3cc(N)cnc23)C1. The first-order valence-corrected chi connectivity index (χ1v) is 9.77. The minimum absolute atomic E-state index is 0.149. The molecule has 3 atom stereocenters. The van der Waals surface area contributed by atoms with E-state index in [-0.39, 0.29) is 34.3 Å². The van der Waals surface area contributed by atoms with E-state index in [4.69, 9.17) is 11.5 Å². The summed E-state index contributed by atoms with van der Waals surface area (Å²) in [6.07, 6.45) is 7.69. The van der Waals surface area contributed by atoms with Gasteiger partial charge >= 0.3 is 0 Å². The molecule has 0 unspecified atom stereocenters. The summed E-state index contributed by atoms with van der Waals surface area (Å²) in [6.45, 7) is 2.20. The van der Waals surface area contributed by atoms with Gasteiger partial charge in [-0.1, -0.05) is 6.92 Å². The number of anilines is 2. The van der Waals surface area contributed by atoms with Crippen molar-refractivity contribution in [2.75, 3.05) is 11.1 Å². The van der Waals surface area contributed by atoms with Crippen LogP contribution in [-0.4, -0.2) is 21.9 Å². The number of carbonyl (C=O) groups is 1. The maximum absolute atomic E-state index is 14.2. The third kappa shape index (κ3) is 3.91. The first kappa shape index (κ1) is 19.3. The van der Waals surface area contributed by atoms with Crippen LogP contribution in [-0.2, 0) is 0 Å². The summed E-state index contributed by atoms with van der Waals surface area (Å²) in [6, 6.07) is 6.26. The number of benzene rings is 1. The number of aromatic nitrogens is 2. The molecule has 0 aliphatic heterocycles. The fourth-order valence-corrected chi connectivity index (χ4v) is 4.35. The highest BCUT2D eigenvalue weighted by atomic mass is 19.1. The third-order valence-corrected chi connectivity index (χ3v) is 5.58. The van der Waals surface area contributed by atoms with Crippen LogP contribution in [0.5, 0.6) is 0 Å². The van der Waals surface area contributed by atoms with Crippen molar-refractivity contribution in [1.82, 2.24) is 9.97 Å². The molecule has 150 valence electrons. The Morgan fingerprint density at radius 2 is 2.03 bits per heavy atom. The normalized spacial score (nSPS) is 21.8. The second-order valence-corrected chi connectivity index (χ2v) is 7.95. The first-order chi connectivity index (χ1) is 13.9. The van der Waals surface area contributed by atoms with Crippen molar-refractivity contribution >= 4 is 28.2 Å². The molecule has 0 saturated heterocycles. The average Bonchev–Trinajstić information content (AvgIpc) is 2.68. The molecule has 0 radical (unpaired) electrons. The number of rotatable bonds is 3. The lowest BCUT2D eigenvalue weighted by molar-refractivity contribution is 0.102. The number of fused-ring (bicyclic) bond motifs is 1. The predicted octanol–water partition coefficient (Wildman–Crippen LogP) is 3.83. The van der Waals surface area contributed by atoms with E-state index >= 15 is 0 Å². The molecular weight excluding hydrogens is 369 g/mol. The molecule has 1 aliphatic rings. The monoisotopic (exact) mass is 393 g/mol. The van der Waals surface area contributed by atoms with Crippen molar-refractivity contribution < 1.29 is 9.18 Å². The maximum atomic E-state index is 14.2. The summed E-state index contributed by atoms with van der Waals surface area (Å²) in [5.41, 5.74) is 14.5. The molecule has 1 fully saturated rings. The number of carbonyl (C=O) groups excluding carboxylic acids is 1. The van der Waals surface area contributed by atoms with Gasteiger partial charge in [-0.25, -0.2) is 4.39 Å². The highest BCUT2D eigenvalue weighted by Gasteiger charge is 2.27. The van der Waals surface area contributed by atoms with Crippen LogP contribution >= 0.6 is 0 Å². The molecule has 1 aromatic carbocycles. The summed E-state index contributed by atoms with van der Waals surface area (Å²) in [7, 11) is 0. The number of halogens is 1. The molecule has 1 saturated carbocycles. The van der Waals surface area contributed by atoms with Gasteiger partial charge in [-0.15, -0.1) is 0 Å². The smallest absolute Gasteiger partial charge is 0.257 e. The summed E-state index contributed by atoms with van der Waals surface area (Å²) >= 11 is 0. The van der Waals surface area contributed by atoms with Crippen LogP contribution in [0.4, 0.5) is 15.8 Å². The highest BCUT2D eigenvalue weighted by molar-refractivity contribution is 6.12. The molecule has 0 spiro atoms. The molecule has 1 aliphatic carbocycles. The zero-order chi connectivity index (χ0) is 20.5. The lowest BCUT2D eigenvalue weighted by atomic mass is 9.76. The maximum Gasteiger partial charge on any atom is 0.257 e. The zero-order valence-electron chi connectivity index (χ0n) is 16.2. The van der Waals surface area contributed by atoms with Crippen LogP contribution in [0.15, 0.2) is 42.9 Å². The molecule has 5 N–H and O–H groups in total. The Kier molecular flexibility index (Phi) is 5.15. The summed E-state index contributed by atoms with van der Waals surface area (Å²) in [5.74, 6) is -0.0515. The van der Waals surface area contributed by atoms with Crippen molar-refractivity contribution in [2.24, 2.45) is 11.7 Å². The van der Waals surface area contributed by atoms with E-state index in [0.29, 0.717) is 17.3 Å². The Hall–Kier alpha value is -3.06. The van der Waals surface area contributed by atoms with Crippen molar-refractivity contribution in [3.8, 4) is 0 Å². The van der Waals surface area contributed by atoms with Crippen LogP contribution in [0.2, 0.25) is 0 Å². The van der Waals surface area contributed by atoms with E-state index in [2.05, 4.69) is 22.2 Å². The number of nitrogen functional groups attached to an aromatic ring is 1. The summed E-state index contributed by atoms with van der Waals surface area (Å²) in [5, 5.41) is 3.16. The molecule has 2 aromatic heterocycles. The van der Waals surface area contributed by atoms with E-state index in [1.54, 1.807) is 12.4 Å². The minimum Gasteiger partial charge on any atom is -0.397 e. The van der Waals surface area contributed by atoms with Gasteiger partial charge in [-0.05, 0) is 60.9 Å². The van der Waals surface area contributed by atoms with Gasteiger partial charge in [0.15, 0.2) is 0 Å². The molecule has 6 nitrogen and oxygen atoms in total. The number of hydrogen-bond acceptors (Lipinski definition) is 5. The summed E-state index contributed by atoms with van der Waals surface area (Å²) < 4.78 is 14.2. The lowest BCUT2D eigenvalue weighted by Gasteiger charge is -2.32. The predicted molar refractivity (Wildman–Crippen MR) is 112 cm³/mol. The molecule has 7 heteroatoms. The number of nitrogens with one attached hydrogen (secondary N) is 1. The lowest BCUT2D eigenvalue weighted by Crippen LogP contribution is -2.31. The van der Waals surface area contributed by atoms with E-state index in [1.165, 1.54) is 24.4 Å². The number of nitrogens with zero attached hydrogens (tertiary/aromatic N) is 2. The van der Waals surface area contributed by atoms with Crippen molar-refractivity contribution in [2.45, 2.75) is 38.1 Å².